The summed E-state index contributed by atoms with van der Waals surface area (Å²) in [6.07, 6.45) is 4.65. The molecule has 2 heterocycles. The van der Waals surface area contributed by atoms with Gasteiger partial charge in [0.2, 0.25) is 5.91 Å². The molecule has 1 saturated carbocycles. The molecular formula is C21H26N2O3. The maximum atomic E-state index is 12.4. The number of ether oxygens (including phenoxy) is 1. The molecule has 26 heavy (non-hydrogen) atoms. The zero-order chi connectivity index (χ0) is 18.1. The number of anilines is 1. The van der Waals surface area contributed by atoms with Crippen LogP contribution in [0.4, 0.5) is 5.69 Å². The van der Waals surface area contributed by atoms with Gasteiger partial charge >= 0.3 is 5.97 Å². The van der Waals surface area contributed by atoms with Crippen molar-refractivity contribution in [1.82, 2.24) is 4.90 Å². The summed E-state index contributed by atoms with van der Waals surface area (Å²) in [5.41, 5.74) is 2.62. The Bertz CT molecular complexity index is 721. The van der Waals surface area contributed by atoms with Gasteiger partial charge < -0.3 is 10.1 Å². The van der Waals surface area contributed by atoms with E-state index in [0.717, 1.165) is 42.8 Å². The number of rotatable bonds is 5. The van der Waals surface area contributed by atoms with E-state index in [-0.39, 0.29) is 17.8 Å². The highest BCUT2D eigenvalue weighted by molar-refractivity contribution is 5.92. The van der Waals surface area contributed by atoms with Gasteiger partial charge in [0.15, 0.2) is 0 Å². The van der Waals surface area contributed by atoms with E-state index < -0.39 is 5.41 Å². The van der Waals surface area contributed by atoms with Gasteiger partial charge in [-0.15, -0.1) is 0 Å². The first-order chi connectivity index (χ1) is 12.5. The molecule has 2 aliphatic heterocycles. The van der Waals surface area contributed by atoms with Gasteiger partial charge in [0, 0.05) is 11.6 Å². The van der Waals surface area contributed by atoms with Gasteiger partial charge in [-0.25, -0.2) is 0 Å². The maximum Gasteiger partial charge on any atom is 0.313 e. The van der Waals surface area contributed by atoms with Crippen LogP contribution < -0.4 is 5.32 Å². The fourth-order valence-electron chi connectivity index (χ4n) is 4.68. The Hall–Kier alpha value is -2.14. The second kappa shape index (κ2) is 6.88. The smallest absolute Gasteiger partial charge is 0.313 e. The molecule has 0 radical (unpaired) electrons. The standard InChI is InChI=1S/C21H26N2O3/c1-15-10-17-14-26-20(25)21(17,11-15)12-16-4-6-18(7-5-16)22-19(24)13-23-8-2-3-9-23/h4-7,17H,1-3,8-14H2,(H,22,24). The minimum absolute atomic E-state index is 0.0322. The lowest BCUT2D eigenvalue weighted by Gasteiger charge is -2.24. The quantitative estimate of drug-likeness (QED) is 0.652. The average Bonchev–Trinajstić information content (AvgIpc) is 3.28. The fraction of sp³-hybridized carbons (Fsp3) is 0.524. The minimum atomic E-state index is -0.433. The number of carbonyl (C=O) groups excluding carboxylic acids is 2. The molecule has 3 aliphatic rings. The maximum absolute atomic E-state index is 12.4. The number of likely N-dealkylation sites (tertiary alicyclic amines) is 1. The molecule has 138 valence electrons. The van der Waals surface area contributed by atoms with Crippen LogP contribution in [0, 0.1) is 11.3 Å². The largest absolute Gasteiger partial charge is 0.465 e. The van der Waals surface area contributed by atoms with Gasteiger partial charge in [0.1, 0.15) is 0 Å². The molecule has 1 N–H and O–H groups in total. The first-order valence-electron chi connectivity index (χ1n) is 9.50. The van der Waals surface area contributed by atoms with E-state index in [1.54, 1.807) is 0 Å². The lowest BCUT2D eigenvalue weighted by molar-refractivity contribution is -0.146. The van der Waals surface area contributed by atoms with Crippen molar-refractivity contribution >= 4 is 17.6 Å². The molecule has 1 aromatic carbocycles. The Labute approximate surface area is 154 Å². The van der Waals surface area contributed by atoms with E-state index in [4.69, 9.17) is 4.74 Å². The van der Waals surface area contributed by atoms with E-state index in [1.807, 2.05) is 24.3 Å². The topological polar surface area (TPSA) is 58.6 Å². The van der Waals surface area contributed by atoms with E-state index in [0.29, 0.717) is 19.6 Å². The third-order valence-electron chi connectivity index (χ3n) is 6.03. The summed E-state index contributed by atoms with van der Waals surface area (Å²) in [6, 6.07) is 7.85. The van der Waals surface area contributed by atoms with Crippen molar-refractivity contribution in [2.24, 2.45) is 11.3 Å². The van der Waals surface area contributed by atoms with Gasteiger partial charge in [0.25, 0.3) is 0 Å². The molecule has 2 atom stereocenters. The van der Waals surface area contributed by atoms with Crippen LogP contribution in [0.15, 0.2) is 36.4 Å². The number of benzene rings is 1. The van der Waals surface area contributed by atoms with Gasteiger partial charge in [-0.3, -0.25) is 14.5 Å². The minimum Gasteiger partial charge on any atom is -0.465 e. The van der Waals surface area contributed by atoms with E-state index in [2.05, 4.69) is 16.8 Å². The highest BCUT2D eigenvalue weighted by Crippen LogP contribution is 2.52. The Kier molecular flexibility index (Phi) is 4.57. The number of esters is 1. The van der Waals surface area contributed by atoms with Crippen LogP contribution in [0.25, 0.3) is 0 Å². The predicted molar refractivity (Wildman–Crippen MR) is 99.7 cm³/mol. The molecule has 1 aromatic rings. The van der Waals surface area contributed by atoms with Crippen LogP contribution in [-0.4, -0.2) is 43.0 Å². The normalized spacial score (nSPS) is 28.2. The number of nitrogens with zero attached hydrogens (tertiary/aromatic N) is 1. The third-order valence-corrected chi connectivity index (χ3v) is 6.03. The number of nitrogens with one attached hydrogen (secondary N) is 1. The van der Waals surface area contributed by atoms with E-state index >= 15 is 0 Å². The lowest BCUT2D eigenvalue weighted by Crippen LogP contribution is -2.31. The highest BCUT2D eigenvalue weighted by Gasteiger charge is 2.55. The summed E-state index contributed by atoms with van der Waals surface area (Å²) in [5, 5.41) is 2.96. The van der Waals surface area contributed by atoms with Crippen LogP contribution in [0.5, 0.6) is 0 Å². The fourth-order valence-corrected chi connectivity index (χ4v) is 4.68. The Morgan fingerprint density at radius 1 is 1.27 bits per heavy atom. The number of fused-ring (bicyclic) bond motifs is 1. The molecule has 0 bridgehead atoms. The van der Waals surface area contributed by atoms with Crippen molar-refractivity contribution in [2.75, 3.05) is 31.6 Å². The summed E-state index contributed by atoms with van der Waals surface area (Å²) in [5.74, 6) is 0.205. The predicted octanol–water partition coefficient (Wildman–Crippen LogP) is 2.77. The molecule has 2 unspecified atom stereocenters. The lowest BCUT2D eigenvalue weighted by atomic mass is 9.75. The zero-order valence-electron chi connectivity index (χ0n) is 15.1. The van der Waals surface area contributed by atoms with Crippen LogP contribution in [0.3, 0.4) is 0 Å². The summed E-state index contributed by atoms with van der Waals surface area (Å²) in [6.45, 7) is 7.08. The molecule has 5 nitrogen and oxygen atoms in total. The molecule has 0 spiro atoms. The van der Waals surface area contributed by atoms with Gasteiger partial charge in [-0.1, -0.05) is 24.3 Å². The van der Waals surface area contributed by atoms with Crippen molar-refractivity contribution in [3.05, 3.63) is 42.0 Å². The summed E-state index contributed by atoms with van der Waals surface area (Å²) in [4.78, 5) is 26.7. The van der Waals surface area contributed by atoms with Crippen LogP contribution in [-0.2, 0) is 20.7 Å². The molecule has 0 aromatic heterocycles. The van der Waals surface area contributed by atoms with Crippen LogP contribution in [0.2, 0.25) is 0 Å². The third kappa shape index (κ3) is 3.28. The van der Waals surface area contributed by atoms with Crippen molar-refractivity contribution < 1.29 is 14.3 Å². The van der Waals surface area contributed by atoms with Crippen molar-refractivity contribution in [2.45, 2.75) is 32.1 Å². The molecule has 4 rings (SSSR count). The monoisotopic (exact) mass is 354 g/mol. The number of amides is 1. The molecule has 1 amide bonds. The summed E-state index contributed by atoms with van der Waals surface area (Å²) < 4.78 is 5.34. The molecule has 5 heteroatoms. The number of carbonyl (C=O) groups is 2. The molecule has 1 aliphatic carbocycles. The second-order valence-corrected chi connectivity index (χ2v) is 7.99. The molecule has 3 fully saturated rings. The van der Waals surface area contributed by atoms with Crippen LogP contribution >= 0.6 is 0 Å². The van der Waals surface area contributed by atoms with Crippen molar-refractivity contribution in [1.29, 1.82) is 0 Å². The highest BCUT2D eigenvalue weighted by atomic mass is 16.5. The summed E-state index contributed by atoms with van der Waals surface area (Å²) in [7, 11) is 0. The van der Waals surface area contributed by atoms with Gasteiger partial charge in [-0.2, -0.15) is 0 Å². The second-order valence-electron chi connectivity index (χ2n) is 7.99. The SMILES string of the molecule is C=C1CC2COC(=O)C2(Cc2ccc(NC(=O)CN3CCCC3)cc2)C1. The zero-order valence-corrected chi connectivity index (χ0v) is 15.1. The van der Waals surface area contributed by atoms with E-state index in [1.165, 1.54) is 12.8 Å². The first-order valence-corrected chi connectivity index (χ1v) is 9.50. The number of allylic oxidation sites excluding steroid dienone is 1. The molecule has 2 saturated heterocycles. The van der Waals surface area contributed by atoms with Crippen LogP contribution in [0.1, 0.15) is 31.2 Å². The number of hydrogen-bond donors (Lipinski definition) is 1. The Morgan fingerprint density at radius 2 is 2.00 bits per heavy atom. The number of hydrogen-bond acceptors (Lipinski definition) is 4. The average molecular weight is 354 g/mol. The van der Waals surface area contributed by atoms with Gasteiger partial charge in [0.05, 0.1) is 18.6 Å². The van der Waals surface area contributed by atoms with Crippen molar-refractivity contribution in [3.63, 3.8) is 0 Å². The van der Waals surface area contributed by atoms with Crippen molar-refractivity contribution in [3.8, 4) is 0 Å². The summed E-state index contributed by atoms with van der Waals surface area (Å²) >= 11 is 0. The first kappa shape index (κ1) is 17.3. The Balaban J connectivity index is 1.39. The van der Waals surface area contributed by atoms with E-state index in [9.17, 15) is 9.59 Å². The van der Waals surface area contributed by atoms with Gasteiger partial charge in [-0.05, 0) is 62.9 Å². The molecular weight excluding hydrogens is 328 g/mol. The Morgan fingerprint density at radius 3 is 2.73 bits per heavy atom. The number of cyclic esters (lactones) is 1.